The van der Waals surface area contributed by atoms with Gasteiger partial charge in [0.1, 0.15) is 11.4 Å². The maximum atomic E-state index is 13.2. The van der Waals surface area contributed by atoms with Gasteiger partial charge in [-0.1, -0.05) is 12.1 Å². The maximum absolute atomic E-state index is 13.2. The predicted molar refractivity (Wildman–Crippen MR) is 109 cm³/mol. The minimum absolute atomic E-state index is 0.253. The van der Waals surface area contributed by atoms with Crippen molar-refractivity contribution in [2.24, 2.45) is 11.8 Å². The van der Waals surface area contributed by atoms with Crippen molar-refractivity contribution in [2.75, 3.05) is 7.11 Å². The first kappa shape index (κ1) is 18.0. The molecule has 0 spiro atoms. The van der Waals surface area contributed by atoms with Gasteiger partial charge in [0.05, 0.1) is 13.7 Å². The molecular weight excluding hydrogens is 372 g/mol. The van der Waals surface area contributed by atoms with E-state index in [2.05, 4.69) is 4.98 Å². The van der Waals surface area contributed by atoms with Gasteiger partial charge in [0, 0.05) is 13.1 Å². The van der Waals surface area contributed by atoms with Gasteiger partial charge in [0.15, 0.2) is 5.52 Å². The topological polar surface area (TPSA) is 91.0 Å². The van der Waals surface area contributed by atoms with E-state index in [0.717, 1.165) is 37.0 Å². The Morgan fingerprint density at radius 1 is 0.931 bits per heavy atom. The van der Waals surface area contributed by atoms with E-state index in [-0.39, 0.29) is 29.0 Å². The van der Waals surface area contributed by atoms with E-state index in [9.17, 15) is 14.4 Å². The molecule has 8 heteroatoms. The van der Waals surface area contributed by atoms with Crippen molar-refractivity contribution in [3.63, 3.8) is 0 Å². The molecule has 1 aromatic carbocycles. The third kappa shape index (κ3) is 3.32. The molecule has 0 saturated heterocycles. The first-order chi connectivity index (χ1) is 14.0. The zero-order chi connectivity index (χ0) is 20.1. The zero-order valence-corrected chi connectivity index (χ0v) is 16.4. The number of H-pyrrole nitrogens is 1. The van der Waals surface area contributed by atoms with E-state index in [4.69, 9.17) is 4.74 Å². The van der Waals surface area contributed by atoms with Gasteiger partial charge in [0.25, 0.3) is 5.56 Å². The number of benzene rings is 1. The molecule has 1 N–H and O–H groups in total. The lowest BCUT2D eigenvalue weighted by molar-refractivity contribution is 0.414. The summed E-state index contributed by atoms with van der Waals surface area (Å²) >= 11 is 0. The van der Waals surface area contributed by atoms with Crippen molar-refractivity contribution in [3.05, 3.63) is 61.2 Å². The molecule has 0 aliphatic heterocycles. The van der Waals surface area contributed by atoms with E-state index in [0.29, 0.717) is 30.6 Å². The van der Waals surface area contributed by atoms with Gasteiger partial charge >= 0.3 is 11.4 Å². The Balaban J connectivity index is 1.67. The lowest BCUT2D eigenvalue weighted by Crippen LogP contribution is -2.41. The molecule has 2 aromatic heterocycles. The fourth-order valence-corrected chi connectivity index (χ4v) is 3.84. The third-order valence-electron chi connectivity index (χ3n) is 5.92. The summed E-state index contributed by atoms with van der Waals surface area (Å²) in [7, 11) is 1.60. The van der Waals surface area contributed by atoms with Gasteiger partial charge in [-0.3, -0.25) is 23.5 Å². The highest BCUT2D eigenvalue weighted by Gasteiger charge is 2.29. The molecule has 0 radical (unpaired) electrons. The number of aromatic nitrogens is 4. The number of rotatable bonds is 7. The Kier molecular flexibility index (Phi) is 4.22. The third-order valence-corrected chi connectivity index (χ3v) is 5.92. The summed E-state index contributed by atoms with van der Waals surface area (Å²) in [5, 5.41) is 0. The number of nitrogens with zero attached hydrogens (tertiary/aromatic N) is 3. The second kappa shape index (κ2) is 6.79. The van der Waals surface area contributed by atoms with Gasteiger partial charge < -0.3 is 4.74 Å². The average Bonchev–Trinajstić information content (AvgIpc) is 3.64. The molecule has 0 unspecified atom stereocenters. The lowest BCUT2D eigenvalue weighted by atomic mass is 10.2. The van der Waals surface area contributed by atoms with Crippen LogP contribution in [0.15, 0.2) is 38.6 Å². The first-order valence-corrected chi connectivity index (χ1v) is 10.1. The van der Waals surface area contributed by atoms with E-state index in [1.807, 2.05) is 24.3 Å². The van der Waals surface area contributed by atoms with Crippen molar-refractivity contribution < 1.29 is 4.74 Å². The molecule has 2 saturated carbocycles. The molecule has 0 amide bonds. The second-order valence-corrected chi connectivity index (χ2v) is 8.26. The van der Waals surface area contributed by atoms with E-state index >= 15 is 0 Å². The zero-order valence-electron chi connectivity index (χ0n) is 16.4. The van der Waals surface area contributed by atoms with Crippen molar-refractivity contribution in [2.45, 2.75) is 45.3 Å². The fourth-order valence-electron chi connectivity index (χ4n) is 3.84. The van der Waals surface area contributed by atoms with Crippen LogP contribution in [0.25, 0.3) is 11.2 Å². The number of nitrogens with one attached hydrogen (secondary N) is 1. The number of imidazole rings is 1. The summed E-state index contributed by atoms with van der Waals surface area (Å²) in [4.78, 5) is 41.8. The van der Waals surface area contributed by atoms with Crippen LogP contribution < -0.4 is 21.7 Å². The molecule has 3 aromatic rings. The molecule has 8 nitrogen and oxygen atoms in total. The van der Waals surface area contributed by atoms with Crippen LogP contribution in [0.5, 0.6) is 5.75 Å². The van der Waals surface area contributed by atoms with Gasteiger partial charge in [-0.25, -0.2) is 9.59 Å². The quantitative estimate of drug-likeness (QED) is 0.656. The molecular formula is C21H24N4O4. The highest BCUT2D eigenvalue weighted by Crippen LogP contribution is 2.31. The summed E-state index contributed by atoms with van der Waals surface area (Å²) in [6, 6.07) is 7.38. The monoisotopic (exact) mass is 396 g/mol. The van der Waals surface area contributed by atoms with Gasteiger partial charge in [-0.05, 0) is 55.2 Å². The molecule has 2 aliphatic rings. The summed E-state index contributed by atoms with van der Waals surface area (Å²) in [5.41, 5.74) is 0.446. The number of methoxy groups -OCH3 is 1. The number of ether oxygens (including phenoxy) is 1. The van der Waals surface area contributed by atoms with Crippen molar-refractivity contribution in [3.8, 4) is 5.75 Å². The Morgan fingerprint density at radius 2 is 1.55 bits per heavy atom. The fraction of sp³-hybridized carbons (Fsp3) is 0.476. The Morgan fingerprint density at radius 3 is 2.14 bits per heavy atom. The van der Waals surface area contributed by atoms with Crippen molar-refractivity contribution in [1.82, 2.24) is 18.7 Å². The van der Waals surface area contributed by atoms with Crippen molar-refractivity contribution in [1.29, 1.82) is 0 Å². The van der Waals surface area contributed by atoms with Crippen molar-refractivity contribution >= 4 is 11.2 Å². The average molecular weight is 396 g/mol. The van der Waals surface area contributed by atoms with Gasteiger partial charge in [-0.15, -0.1) is 0 Å². The van der Waals surface area contributed by atoms with E-state index < -0.39 is 0 Å². The Bertz CT molecular complexity index is 1240. The van der Waals surface area contributed by atoms with Gasteiger partial charge in [-0.2, -0.15) is 0 Å². The van der Waals surface area contributed by atoms with Crippen LogP contribution in [0, 0.1) is 11.8 Å². The van der Waals surface area contributed by atoms with Crippen LogP contribution in [0.2, 0.25) is 0 Å². The number of fused-ring (bicyclic) bond motifs is 1. The molecule has 2 heterocycles. The van der Waals surface area contributed by atoms with Crippen LogP contribution >= 0.6 is 0 Å². The highest BCUT2D eigenvalue weighted by molar-refractivity contribution is 5.70. The minimum Gasteiger partial charge on any atom is -0.497 e. The normalized spacial score (nSPS) is 16.4. The van der Waals surface area contributed by atoms with Crippen LogP contribution in [0.3, 0.4) is 0 Å². The lowest BCUT2D eigenvalue weighted by Gasteiger charge is -2.12. The summed E-state index contributed by atoms with van der Waals surface area (Å²) in [6.07, 6.45) is 4.23. The summed E-state index contributed by atoms with van der Waals surface area (Å²) in [6.45, 7) is 1.23. The molecule has 2 fully saturated rings. The standard InChI is InChI=1S/C21H24N4O4/c1-29-16-8-6-15(7-9-16)10-23-17-18(22-20(23)27)24(11-13-2-3-13)21(28)25(19(17)26)12-14-4-5-14/h6-9,13-14H,2-5,10-12H2,1H3,(H,22,27). The number of hydrogen-bond donors (Lipinski definition) is 1. The molecule has 0 atom stereocenters. The molecule has 29 heavy (non-hydrogen) atoms. The van der Waals surface area contributed by atoms with Crippen LogP contribution in [0.1, 0.15) is 31.2 Å². The number of hydrogen-bond acceptors (Lipinski definition) is 4. The number of aromatic amines is 1. The maximum Gasteiger partial charge on any atom is 0.332 e. The smallest absolute Gasteiger partial charge is 0.332 e. The Labute approximate surface area is 166 Å². The van der Waals surface area contributed by atoms with Crippen LogP contribution in [-0.2, 0) is 19.6 Å². The van der Waals surface area contributed by atoms with E-state index in [1.54, 1.807) is 11.7 Å². The molecule has 152 valence electrons. The summed E-state index contributed by atoms with van der Waals surface area (Å²) < 4.78 is 9.57. The largest absolute Gasteiger partial charge is 0.497 e. The van der Waals surface area contributed by atoms with Crippen LogP contribution in [-0.4, -0.2) is 25.8 Å². The Hall–Kier alpha value is -3.03. The molecule has 2 aliphatic carbocycles. The van der Waals surface area contributed by atoms with E-state index in [1.165, 1.54) is 9.13 Å². The second-order valence-electron chi connectivity index (χ2n) is 8.26. The molecule has 0 bridgehead atoms. The van der Waals surface area contributed by atoms with Gasteiger partial charge in [0.2, 0.25) is 0 Å². The SMILES string of the molecule is COc1ccc(Cn2c(=O)[nH]c3c2c(=O)n(CC2CC2)c(=O)n3CC2CC2)cc1. The highest BCUT2D eigenvalue weighted by atomic mass is 16.5. The summed E-state index contributed by atoms with van der Waals surface area (Å²) in [5.74, 6) is 1.55. The minimum atomic E-state index is -0.379. The predicted octanol–water partition coefficient (Wildman–Crippen LogP) is 1.53. The van der Waals surface area contributed by atoms with Crippen LogP contribution in [0.4, 0.5) is 0 Å². The molecule has 5 rings (SSSR count). The first-order valence-electron chi connectivity index (χ1n) is 10.1.